The number of amides is 1. The van der Waals surface area contributed by atoms with Gasteiger partial charge in [-0.1, -0.05) is 42.2 Å². The Labute approximate surface area is 207 Å². The van der Waals surface area contributed by atoms with Crippen LogP contribution in [0.5, 0.6) is 17.2 Å². The molecule has 1 amide bonds. The van der Waals surface area contributed by atoms with Gasteiger partial charge in [0.1, 0.15) is 23.1 Å². The van der Waals surface area contributed by atoms with E-state index in [1.807, 2.05) is 48.5 Å². The third-order valence-corrected chi connectivity index (χ3v) is 6.23. The van der Waals surface area contributed by atoms with Crippen molar-refractivity contribution in [2.45, 2.75) is 6.42 Å². The topological polar surface area (TPSA) is 48.0 Å². The zero-order valence-corrected chi connectivity index (χ0v) is 20.0. The highest BCUT2D eigenvalue weighted by atomic mass is 32.2. The van der Waals surface area contributed by atoms with Crippen LogP contribution in [0.4, 0.5) is 10.1 Å². The first-order chi connectivity index (χ1) is 16.5. The fourth-order valence-electron chi connectivity index (χ4n) is 3.22. The number of thioether (sulfide) groups is 1. The van der Waals surface area contributed by atoms with Crippen molar-refractivity contribution < 1.29 is 23.4 Å². The van der Waals surface area contributed by atoms with Gasteiger partial charge in [0.25, 0.3) is 5.91 Å². The van der Waals surface area contributed by atoms with Crippen LogP contribution in [0, 0.1) is 5.82 Å². The minimum absolute atomic E-state index is 0.224. The quantitative estimate of drug-likeness (QED) is 0.203. The first kappa shape index (κ1) is 23.8. The number of anilines is 1. The number of thiocarbonyl (C=S) groups is 1. The van der Waals surface area contributed by atoms with Gasteiger partial charge in [-0.3, -0.25) is 9.69 Å². The average Bonchev–Trinajstić information content (AvgIpc) is 3.13. The van der Waals surface area contributed by atoms with E-state index < -0.39 is 0 Å². The summed E-state index contributed by atoms with van der Waals surface area (Å²) in [5.41, 5.74) is 1.40. The number of hydrogen-bond acceptors (Lipinski definition) is 6. The molecule has 5 nitrogen and oxygen atoms in total. The number of halogens is 1. The lowest BCUT2D eigenvalue weighted by atomic mass is 10.2. The molecular formula is C26H22FNO4S2. The molecule has 1 fully saturated rings. The number of carbonyl (C=O) groups excluding carboxylic acids is 1. The average molecular weight is 496 g/mol. The molecule has 0 radical (unpaired) electrons. The highest BCUT2D eigenvalue weighted by Crippen LogP contribution is 2.36. The van der Waals surface area contributed by atoms with Gasteiger partial charge in [-0.15, -0.1) is 0 Å². The van der Waals surface area contributed by atoms with Gasteiger partial charge in [0, 0.05) is 12.5 Å². The highest BCUT2D eigenvalue weighted by molar-refractivity contribution is 8.27. The lowest BCUT2D eigenvalue weighted by molar-refractivity contribution is -0.113. The monoisotopic (exact) mass is 495 g/mol. The maximum Gasteiger partial charge on any atom is 0.270 e. The summed E-state index contributed by atoms with van der Waals surface area (Å²) >= 11 is 6.58. The largest absolute Gasteiger partial charge is 0.497 e. The van der Waals surface area contributed by atoms with E-state index in [0.29, 0.717) is 28.1 Å². The molecule has 0 unspecified atom stereocenters. The molecule has 3 aromatic rings. The van der Waals surface area contributed by atoms with Gasteiger partial charge < -0.3 is 14.2 Å². The SMILES string of the molecule is COc1cccc(OCCCOc2ccc(C=C3SC(=S)N(c4ccc(F)cc4)C3=O)cc2)c1. The number of nitrogens with zero attached hydrogens (tertiary/aromatic N) is 1. The summed E-state index contributed by atoms with van der Waals surface area (Å²) < 4.78 is 30.3. The van der Waals surface area contributed by atoms with E-state index in [0.717, 1.165) is 29.2 Å². The molecule has 1 aliphatic rings. The van der Waals surface area contributed by atoms with E-state index in [-0.39, 0.29) is 11.7 Å². The maximum atomic E-state index is 13.2. The Morgan fingerprint density at radius 3 is 2.32 bits per heavy atom. The van der Waals surface area contributed by atoms with Crippen LogP contribution in [-0.4, -0.2) is 30.6 Å². The Morgan fingerprint density at radius 1 is 0.941 bits per heavy atom. The summed E-state index contributed by atoms with van der Waals surface area (Å²) in [5, 5.41) is 0. The molecule has 1 saturated heterocycles. The third kappa shape index (κ3) is 5.95. The number of hydrogen-bond donors (Lipinski definition) is 0. The smallest absolute Gasteiger partial charge is 0.270 e. The van der Waals surface area contributed by atoms with Crippen molar-refractivity contribution in [2.75, 3.05) is 25.2 Å². The second kappa shape index (κ2) is 11.2. The van der Waals surface area contributed by atoms with Gasteiger partial charge in [-0.2, -0.15) is 0 Å². The zero-order chi connectivity index (χ0) is 23.9. The third-order valence-electron chi connectivity index (χ3n) is 4.92. The second-order valence-corrected chi connectivity index (χ2v) is 8.97. The summed E-state index contributed by atoms with van der Waals surface area (Å²) in [6.07, 6.45) is 2.51. The van der Waals surface area contributed by atoms with E-state index in [1.165, 1.54) is 40.9 Å². The van der Waals surface area contributed by atoms with E-state index in [1.54, 1.807) is 13.2 Å². The van der Waals surface area contributed by atoms with Crippen molar-refractivity contribution in [1.82, 2.24) is 0 Å². The van der Waals surface area contributed by atoms with Gasteiger partial charge >= 0.3 is 0 Å². The normalized spacial score (nSPS) is 14.5. The van der Waals surface area contributed by atoms with Gasteiger partial charge in [0.05, 0.1) is 30.9 Å². The van der Waals surface area contributed by atoms with Gasteiger partial charge in [0.2, 0.25) is 0 Å². The summed E-state index contributed by atoms with van der Waals surface area (Å²) in [5.74, 6) is 1.66. The van der Waals surface area contributed by atoms with Crippen molar-refractivity contribution in [3.8, 4) is 17.2 Å². The molecular weight excluding hydrogens is 473 g/mol. The standard InChI is InChI=1S/C26H22FNO4S2/c1-30-22-4-2-5-23(17-22)32-15-3-14-31-21-12-6-18(7-13-21)16-24-25(29)28(26(33)34-24)20-10-8-19(27)9-11-20/h2,4-13,16-17H,3,14-15H2,1H3. The Morgan fingerprint density at radius 2 is 1.62 bits per heavy atom. The number of carbonyl (C=O) groups is 1. The van der Waals surface area contributed by atoms with Gasteiger partial charge in [0.15, 0.2) is 4.32 Å². The van der Waals surface area contributed by atoms with Gasteiger partial charge in [-0.05, 0) is 60.2 Å². The number of benzene rings is 3. The predicted octanol–water partition coefficient (Wildman–Crippen LogP) is 6.09. The first-order valence-corrected chi connectivity index (χ1v) is 11.8. The molecule has 0 N–H and O–H groups in total. The number of ether oxygens (including phenoxy) is 3. The van der Waals surface area contributed by atoms with Crippen molar-refractivity contribution in [1.29, 1.82) is 0 Å². The number of rotatable bonds is 9. The molecule has 0 saturated carbocycles. The molecule has 8 heteroatoms. The summed E-state index contributed by atoms with van der Waals surface area (Å²) in [6, 6.07) is 20.6. The Hall–Kier alpha value is -3.36. The predicted molar refractivity (Wildman–Crippen MR) is 137 cm³/mol. The molecule has 0 aromatic heterocycles. The van der Waals surface area contributed by atoms with Crippen LogP contribution in [-0.2, 0) is 4.79 Å². The molecule has 4 rings (SSSR count). The van der Waals surface area contributed by atoms with E-state index in [9.17, 15) is 9.18 Å². The lowest BCUT2D eigenvalue weighted by Gasteiger charge is -2.14. The summed E-state index contributed by atoms with van der Waals surface area (Å²) in [6.45, 7) is 1.04. The van der Waals surface area contributed by atoms with Crippen LogP contribution >= 0.6 is 24.0 Å². The van der Waals surface area contributed by atoms with E-state index >= 15 is 0 Å². The van der Waals surface area contributed by atoms with Crippen LogP contribution in [0.25, 0.3) is 6.08 Å². The Kier molecular flexibility index (Phi) is 7.82. The molecule has 174 valence electrons. The van der Waals surface area contributed by atoms with Crippen LogP contribution in [0.2, 0.25) is 0 Å². The fraction of sp³-hybridized carbons (Fsp3) is 0.154. The van der Waals surface area contributed by atoms with Crippen LogP contribution in [0.15, 0.2) is 77.7 Å². The molecule has 3 aromatic carbocycles. The van der Waals surface area contributed by atoms with Crippen molar-refractivity contribution in [2.24, 2.45) is 0 Å². The minimum atomic E-state index is -0.364. The van der Waals surface area contributed by atoms with Crippen molar-refractivity contribution in [3.05, 3.63) is 89.1 Å². The fourth-order valence-corrected chi connectivity index (χ4v) is 4.52. The minimum Gasteiger partial charge on any atom is -0.497 e. The van der Waals surface area contributed by atoms with E-state index in [2.05, 4.69) is 0 Å². The molecule has 1 heterocycles. The Balaban J connectivity index is 1.28. The molecule has 0 atom stereocenters. The summed E-state index contributed by atoms with van der Waals surface area (Å²) in [7, 11) is 1.62. The van der Waals surface area contributed by atoms with E-state index in [4.69, 9.17) is 26.4 Å². The lowest BCUT2D eigenvalue weighted by Crippen LogP contribution is -2.27. The Bertz CT molecular complexity index is 1200. The van der Waals surface area contributed by atoms with Crippen LogP contribution in [0.1, 0.15) is 12.0 Å². The first-order valence-electron chi connectivity index (χ1n) is 10.6. The van der Waals surface area contributed by atoms with Crippen molar-refractivity contribution in [3.63, 3.8) is 0 Å². The molecule has 0 spiro atoms. The molecule has 0 aliphatic carbocycles. The molecule has 1 aliphatic heterocycles. The number of methoxy groups -OCH3 is 1. The van der Waals surface area contributed by atoms with Crippen molar-refractivity contribution >= 4 is 46.0 Å². The van der Waals surface area contributed by atoms with Crippen LogP contribution in [0.3, 0.4) is 0 Å². The summed E-state index contributed by atoms with van der Waals surface area (Å²) in [4.78, 5) is 14.8. The van der Waals surface area contributed by atoms with Crippen LogP contribution < -0.4 is 19.1 Å². The second-order valence-electron chi connectivity index (χ2n) is 7.29. The zero-order valence-electron chi connectivity index (χ0n) is 18.4. The molecule has 0 bridgehead atoms. The van der Waals surface area contributed by atoms with Gasteiger partial charge in [-0.25, -0.2) is 4.39 Å². The highest BCUT2D eigenvalue weighted by Gasteiger charge is 2.33. The molecule has 34 heavy (non-hydrogen) atoms. The maximum absolute atomic E-state index is 13.2.